The van der Waals surface area contributed by atoms with Crippen molar-refractivity contribution in [3.8, 4) is 11.5 Å². The molecule has 1 amide bonds. The number of ether oxygens (including phenoxy) is 2. The summed E-state index contributed by atoms with van der Waals surface area (Å²) in [5.74, 6) is 0.0312. The fraction of sp³-hybridized carbons (Fsp3) is 0.412. The van der Waals surface area contributed by atoms with E-state index in [1.54, 1.807) is 31.4 Å². The van der Waals surface area contributed by atoms with Gasteiger partial charge in [-0.05, 0) is 36.6 Å². The summed E-state index contributed by atoms with van der Waals surface area (Å²) in [5, 5.41) is 11.8. The van der Waals surface area contributed by atoms with Crippen molar-refractivity contribution in [2.45, 2.75) is 26.3 Å². The SMILES string of the molecule is COc1ccc2c(c1)C=C(C(=O)N[C@H](CC(C)C)C(=O)O)CO2. The highest BCUT2D eigenvalue weighted by atomic mass is 16.5. The number of methoxy groups -OCH3 is 1. The van der Waals surface area contributed by atoms with Crippen LogP contribution < -0.4 is 14.8 Å². The predicted octanol–water partition coefficient (Wildman–Crippen LogP) is 2.09. The molecule has 0 saturated heterocycles. The molecule has 23 heavy (non-hydrogen) atoms. The molecule has 0 saturated carbocycles. The molecule has 1 aromatic rings. The van der Waals surface area contributed by atoms with Crippen LogP contribution in [0.4, 0.5) is 0 Å². The zero-order chi connectivity index (χ0) is 17.0. The van der Waals surface area contributed by atoms with E-state index in [4.69, 9.17) is 9.47 Å². The minimum atomic E-state index is -1.04. The minimum Gasteiger partial charge on any atom is -0.497 e. The lowest BCUT2D eigenvalue weighted by Crippen LogP contribution is -2.43. The van der Waals surface area contributed by atoms with Crippen LogP contribution >= 0.6 is 0 Å². The smallest absolute Gasteiger partial charge is 0.326 e. The van der Waals surface area contributed by atoms with Gasteiger partial charge in [0.1, 0.15) is 24.1 Å². The Labute approximate surface area is 135 Å². The van der Waals surface area contributed by atoms with Gasteiger partial charge in [0.05, 0.1) is 12.7 Å². The van der Waals surface area contributed by atoms with Gasteiger partial charge in [0.25, 0.3) is 5.91 Å². The number of rotatable bonds is 6. The van der Waals surface area contributed by atoms with Crippen LogP contribution in [0.2, 0.25) is 0 Å². The van der Waals surface area contributed by atoms with E-state index in [-0.39, 0.29) is 12.5 Å². The lowest BCUT2D eigenvalue weighted by molar-refractivity contribution is -0.141. The molecule has 124 valence electrons. The Morgan fingerprint density at radius 2 is 2.13 bits per heavy atom. The molecule has 0 aliphatic carbocycles. The van der Waals surface area contributed by atoms with Gasteiger partial charge in [-0.2, -0.15) is 0 Å². The maximum Gasteiger partial charge on any atom is 0.326 e. The van der Waals surface area contributed by atoms with E-state index < -0.39 is 17.9 Å². The average Bonchev–Trinajstić information content (AvgIpc) is 2.52. The molecule has 6 nitrogen and oxygen atoms in total. The number of benzene rings is 1. The van der Waals surface area contributed by atoms with Gasteiger partial charge in [0, 0.05) is 5.56 Å². The van der Waals surface area contributed by atoms with E-state index in [9.17, 15) is 14.7 Å². The number of carbonyl (C=O) groups is 2. The zero-order valence-electron chi connectivity index (χ0n) is 13.5. The lowest BCUT2D eigenvalue weighted by atomic mass is 10.0. The van der Waals surface area contributed by atoms with Gasteiger partial charge in [-0.1, -0.05) is 13.8 Å². The zero-order valence-corrected chi connectivity index (χ0v) is 13.5. The van der Waals surface area contributed by atoms with Gasteiger partial charge >= 0.3 is 5.97 Å². The summed E-state index contributed by atoms with van der Waals surface area (Å²) in [6.07, 6.45) is 2.07. The fourth-order valence-corrected chi connectivity index (χ4v) is 2.36. The standard InChI is InChI=1S/C17H21NO5/c1-10(2)6-14(17(20)21)18-16(19)12-7-11-8-13(22-3)4-5-15(11)23-9-12/h4-5,7-8,10,14H,6,9H2,1-3H3,(H,18,19)(H,20,21)/t14-/m1/s1. The Kier molecular flexibility index (Phi) is 5.26. The number of amides is 1. The van der Waals surface area contributed by atoms with Gasteiger partial charge in [0.2, 0.25) is 0 Å². The summed E-state index contributed by atoms with van der Waals surface area (Å²) in [6.45, 7) is 3.93. The summed E-state index contributed by atoms with van der Waals surface area (Å²) in [5.41, 5.74) is 1.12. The minimum absolute atomic E-state index is 0.110. The van der Waals surface area contributed by atoms with E-state index in [2.05, 4.69) is 5.32 Å². The van der Waals surface area contributed by atoms with Crippen molar-refractivity contribution in [2.75, 3.05) is 13.7 Å². The maximum absolute atomic E-state index is 12.3. The summed E-state index contributed by atoms with van der Waals surface area (Å²) >= 11 is 0. The van der Waals surface area contributed by atoms with Crippen LogP contribution in [-0.4, -0.2) is 36.7 Å². The van der Waals surface area contributed by atoms with E-state index in [0.29, 0.717) is 23.5 Å². The number of carbonyl (C=O) groups excluding carboxylic acids is 1. The van der Waals surface area contributed by atoms with Crippen LogP contribution in [0, 0.1) is 5.92 Å². The molecule has 0 fully saturated rings. The third kappa shape index (κ3) is 4.25. The highest BCUT2D eigenvalue weighted by Gasteiger charge is 2.24. The van der Waals surface area contributed by atoms with Crippen molar-refractivity contribution in [3.05, 3.63) is 29.3 Å². The van der Waals surface area contributed by atoms with Crippen LogP contribution in [0.15, 0.2) is 23.8 Å². The van der Waals surface area contributed by atoms with Gasteiger partial charge < -0.3 is 19.9 Å². The molecule has 0 bridgehead atoms. The maximum atomic E-state index is 12.3. The molecule has 1 atom stereocenters. The van der Waals surface area contributed by atoms with Crippen LogP contribution in [0.1, 0.15) is 25.8 Å². The normalized spacial score (nSPS) is 14.3. The number of nitrogens with one attached hydrogen (secondary N) is 1. The van der Waals surface area contributed by atoms with Gasteiger partial charge in [-0.25, -0.2) is 4.79 Å². The Morgan fingerprint density at radius 1 is 1.39 bits per heavy atom. The van der Waals surface area contributed by atoms with Crippen molar-refractivity contribution in [1.29, 1.82) is 0 Å². The van der Waals surface area contributed by atoms with Crippen molar-refractivity contribution < 1.29 is 24.2 Å². The van der Waals surface area contributed by atoms with Crippen molar-refractivity contribution in [1.82, 2.24) is 5.32 Å². The first kappa shape index (κ1) is 16.9. The van der Waals surface area contributed by atoms with E-state index in [1.807, 2.05) is 13.8 Å². The van der Waals surface area contributed by atoms with E-state index >= 15 is 0 Å². The van der Waals surface area contributed by atoms with Crippen LogP contribution in [0.5, 0.6) is 11.5 Å². The third-order valence-electron chi connectivity index (χ3n) is 3.53. The molecule has 0 radical (unpaired) electrons. The lowest BCUT2D eigenvalue weighted by Gasteiger charge is -2.21. The van der Waals surface area contributed by atoms with Gasteiger partial charge in [0.15, 0.2) is 0 Å². The van der Waals surface area contributed by atoms with E-state index in [0.717, 1.165) is 5.56 Å². The number of carboxylic acids is 1. The quantitative estimate of drug-likeness (QED) is 0.838. The fourth-order valence-electron chi connectivity index (χ4n) is 2.36. The third-order valence-corrected chi connectivity index (χ3v) is 3.53. The number of hydrogen-bond acceptors (Lipinski definition) is 4. The molecule has 2 rings (SSSR count). The predicted molar refractivity (Wildman–Crippen MR) is 85.5 cm³/mol. The molecule has 6 heteroatoms. The molecule has 0 unspecified atom stereocenters. The molecule has 1 aliphatic rings. The Morgan fingerprint density at radius 3 is 2.74 bits per heavy atom. The van der Waals surface area contributed by atoms with Crippen LogP contribution in [-0.2, 0) is 9.59 Å². The molecule has 0 aromatic heterocycles. The number of fused-ring (bicyclic) bond motifs is 1. The molecular formula is C17H21NO5. The average molecular weight is 319 g/mol. The van der Waals surface area contributed by atoms with E-state index in [1.165, 1.54) is 0 Å². The summed E-state index contributed by atoms with van der Waals surface area (Å²) < 4.78 is 10.7. The van der Waals surface area contributed by atoms with Crippen LogP contribution in [0.3, 0.4) is 0 Å². The Bertz CT molecular complexity index is 636. The highest BCUT2D eigenvalue weighted by molar-refractivity contribution is 6.00. The second kappa shape index (κ2) is 7.17. The van der Waals surface area contributed by atoms with Gasteiger partial charge in [-0.15, -0.1) is 0 Å². The largest absolute Gasteiger partial charge is 0.497 e. The molecular weight excluding hydrogens is 298 g/mol. The first-order chi connectivity index (χ1) is 10.9. The number of aliphatic carboxylic acids is 1. The Hall–Kier alpha value is -2.50. The molecule has 1 aromatic carbocycles. The molecule has 1 aliphatic heterocycles. The molecule has 2 N–H and O–H groups in total. The van der Waals surface area contributed by atoms with Crippen molar-refractivity contribution >= 4 is 18.0 Å². The summed E-state index contributed by atoms with van der Waals surface area (Å²) in [7, 11) is 1.56. The second-order valence-corrected chi connectivity index (χ2v) is 5.86. The number of carboxylic acid groups (broad SMARTS) is 1. The topological polar surface area (TPSA) is 84.9 Å². The van der Waals surface area contributed by atoms with Crippen molar-refractivity contribution in [3.63, 3.8) is 0 Å². The second-order valence-electron chi connectivity index (χ2n) is 5.86. The summed E-state index contributed by atoms with van der Waals surface area (Å²) in [6, 6.07) is 4.42. The summed E-state index contributed by atoms with van der Waals surface area (Å²) in [4.78, 5) is 23.6. The molecule has 1 heterocycles. The first-order valence-electron chi connectivity index (χ1n) is 7.45. The van der Waals surface area contributed by atoms with Crippen LogP contribution in [0.25, 0.3) is 6.08 Å². The van der Waals surface area contributed by atoms with Gasteiger partial charge in [-0.3, -0.25) is 4.79 Å². The highest BCUT2D eigenvalue weighted by Crippen LogP contribution is 2.30. The number of hydrogen-bond donors (Lipinski definition) is 2. The van der Waals surface area contributed by atoms with Crippen molar-refractivity contribution in [2.24, 2.45) is 5.92 Å². The monoisotopic (exact) mass is 319 g/mol. The molecule has 0 spiro atoms. The first-order valence-corrected chi connectivity index (χ1v) is 7.45. The Balaban J connectivity index is 2.15.